The number of amides is 1. The van der Waals surface area contributed by atoms with Crippen LogP contribution in [-0.4, -0.2) is 74.8 Å². The Morgan fingerprint density at radius 1 is 1.20 bits per heavy atom. The average molecular weight is 417 g/mol. The first-order valence-corrected chi connectivity index (χ1v) is 10.7. The number of rotatable bonds is 8. The van der Waals surface area contributed by atoms with Gasteiger partial charge in [0.2, 0.25) is 5.91 Å². The van der Waals surface area contributed by atoms with Crippen LogP contribution in [0.15, 0.2) is 30.6 Å². The van der Waals surface area contributed by atoms with Crippen LogP contribution in [-0.2, 0) is 22.6 Å². The standard InChI is InChI=1S/C21H29FN6O2/c22-20-6-2-1-4-18(20)13-26-9-7-17(8-10-26)12-27(14-19-5-3-11-30-19)21(29)15-28-16-23-24-25-28/h1-2,4,6,16-17,19H,3,5,7-15H2. The second-order valence-electron chi connectivity index (χ2n) is 8.25. The predicted molar refractivity (Wildman–Crippen MR) is 108 cm³/mol. The Morgan fingerprint density at radius 3 is 2.73 bits per heavy atom. The number of hydrogen-bond donors (Lipinski definition) is 0. The average Bonchev–Trinajstić information content (AvgIpc) is 3.45. The first-order valence-electron chi connectivity index (χ1n) is 10.7. The minimum atomic E-state index is -0.143. The summed E-state index contributed by atoms with van der Waals surface area (Å²) in [6.07, 6.45) is 5.61. The van der Waals surface area contributed by atoms with E-state index in [0.29, 0.717) is 25.6 Å². The van der Waals surface area contributed by atoms with E-state index in [2.05, 4.69) is 20.4 Å². The fourth-order valence-electron chi connectivity index (χ4n) is 4.31. The Morgan fingerprint density at radius 2 is 2.03 bits per heavy atom. The number of piperidine rings is 1. The zero-order valence-corrected chi connectivity index (χ0v) is 17.2. The highest BCUT2D eigenvalue weighted by atomic mass is 19.1. The second-order valence-corrected chi connectivity index (χ2v) is 8.25. The van der Waals surface area contributed by atoms with Crippen molar-refractivity contribution in [1.29, 1.82) is 0 Å². The van der Waals surface area contributed by atoms with Gasteiger partial charge in [0, 0.05) is 31.8 Å². The van der Waals surface area contributed by atoms with Crippen molar-refractivity contribution in [2.24, 2.45) is 5.92 Å². The van der Waals surface area contributed by atoms with Gasteiger partial charge in [-0.15, -0.1) is 5.10 Å². The molecule has 2 aliphatic rings. The molecule has 0 bridgehead atoms. The molecule has 2 saturated heterocycles. The summed E-state index contributed by atoms with van der Waals surface area (Å²) in [5.41, 5.74) is 0.743. The van der Waals surface area contributed by atoms with E-state index in [1.54, 1.807) is 6.07 Å². The first-order chi connectivity index (χ1) is 14.7. The van der Waals surface area contributed by atoms with Gasteiger partial charge >= 0.3 is 0 Å². The van der Waals surface area contributed by atoms with E-state index in [1.807, 2.05) is 17.0 Å². The van der Waals surface area contributed by atoms with Crippen molar-refractivity contribution in [1.82, 2.24) is 30.0 Å². The summed E-state index contributed by atoms with van der Waals surface area (Å²) in [5.74, 6) is 0.309. The van der Waals surface area contributed by atoms with E-state index >= 15 is 0 Å². The zero-order chi connectivity index (χ0) is 20.8. The fourth-order valence-corrected chi connectivity index (χ4v) is 4.31. The molecule has 162 valence electrons. The minimum Gasteiger partial charge on any atom is -0.376 e. The van der Waals surface area contributed by atoms with E-state index in [-0.39, 0.29) is 24.4 Å². The molecule has 1 unspecified atom stereocenters. The number of ether oxygens (including phenoxy) is 1. The van der Waals surface area contributed by atoms with E-state index < -0.39 is 0 Å². The van der Waals surface area contributed by atoms with Gasteiger partial charge in [-0.1, -0.05) is 18.2 Å². The molecule has 1 amide bonds. The van der Waals surface area contributed by atoms with Crippen LogP contribution in [0.1, 0.15) is 31.2 Å². The Bertz CT molecular complexity index is 804. The van der Waals surface area contributed by atoms with Crippen molar-refractivity contribution in [3.05, 3.63) is 42.0 Å². The SMILES string of the molecule is O=C(Cn1cnnn1)N(CC1CCN(Cc2ccccc2F)CC1)CC1CCCO1. The Hall–Kier alpha value is -2.39. The lowest BCUT2D eigenvalue weighted by molar-refractivity contribution is -0.134. The van der Waals surface area contributed by atoms with Crippen molar-refractivity contribution in [2.45, 2.75) is 44.9 Å². The summed E-state index contributed by atoms with van der Waals surface area (Å²) in [6, 6.07) is 6.97. The van der Waals surface area contributed by atoms with Gasteiger partial charge in [-0.05, 0) is 61.2 Å². The summed E-state index contributed by atoms with van der Waals surface area (Å²) in [5, 5.41) is 11.0. The van der Waals surface area contributed by atoms with E-state index in [1.165, 1.54) is 17.1 Å². The number of likely N-dealkylation sites (tertiary alicyclic amines) is 1. The maximum absolute atomic E-state index is 13.9. The number of halogens is 1. The number of tetrazole rings is 1. The number of nitrogens with zero attached hydrogens (tertiary/aromatic N) is 6. The molecule has 0 saturated carbocycles. The van der Waals surface area contributed by atoms with Gasteiger partial charge in [-0.25, -0.2) is 9.07 Å². The lowest BCUT2D eigenvalue weighted by Gasteiger charge is -2.35. The van der Waals surface area contributed by atoms with E-state index in [0.717, 1.165) is 50.9 Å². The van der Waals surface area contributed by atoms with Crippen LogP contribution >= 0.6 is 0 Å². The molecule has 2 fully saturated rings. The van der Waals surface area contributed by atoms with E-state index in [4.69, 9.17) is 4.74 Å². The van der Waals surface area contributed by atoms with Crippen LogP contribution < -0.4 is 0 Å². The molecule has 3 heterocycles. The lowest BCUT2D eigenvalue weighted by Crippen LogP contribution is -2.44. The highest BCUT2D eigenvalue weighted by Gasteiger charge is 2.27. The molecule has 2 aliphatic heterocycles. The Balaban J connectivity index is 1.31. The van der Waals surface area contributed by atoms with Crippen molar-refractivity contribution in [3.8, 4) is 0 Å². The molecule has 4 rings (SSSR count). The maximum Gasteiger partial charge on any atom is 0.244 e. The largest absolute Gasteiger partial charge is 0.376 e. The quantitative estimate of drug-likeness (QED) is 0.652. The van der Waals surface area contributed by atoms with Gasteiger partial charge in [0.05, 0.1) is 6.10 Å². The molecule has 9 heteroatoms. The summed E-state index contributed by atoms with van der Waals surface area (Å²) in [4.78, 5) is 17.1. The number of aromatic nitrogens is 4. The van der Waals surface area contributed by atoms with Crippen LogP contribution in [0.2, 0.25) is 0 Å². The molecular weight excluding hydrogens is 387 g/mol. The third-order valence-electron chi connectivity index (χ3n) is 6.03. The summed E-state index contributed by atoms with van der Waals surface area (Å²) in [7, 11) is 0. The molecule has 0 N–H and O–H groups in total. The highest BCUT2D eigenvalue weighted by Crippen LogP contribution is 2.22. The smallest absolute Gasteiger partial charge is 0.244 e. The van der Waals surface area contributed by atoms with Gasteiger partial charge < -0.3 is 9.64 Å². The van der Waals surface area contributed by atoms with Gasteiger partial charge in [0.15, 0.2) is 0 Å². The summed E-state index contributed by atoms with van der Waals surface area (Å²) < 4.78 is 21.2. The van der Waals surface area contributed by atoms with Crippen LogP contribution in [0.4, 0.5) is 4.39 Å². The second kappa shape index (κ2) is 10.1. The Kier molecular flexibility index (Phi) is 7.01. The number of carbonyl (C=O) groups is 1. The van der Waals surface area contributed by atoms with Crippen LogP contribution in [0.3, 0.4) is 0 Å². The molecule has 0 spiro atoms. The molecule has 1 aromatic heterocycles. The van der Waals surface area contributed by atoms with Crippen molar-refractivity contribution in [2.75, 3.05) is 32.8 Å². The van der Waals surface area contributed by atoms with Gasteiger partial charge in [0.25, 0.3) is 0 Å². The summed E-state index contributed by atoms with van der Waals surface area (Å²) in [6.45, 7) is 4.71. The first kappa shape index (κ1) is 20.9. The Labute approximate surface area is 176 Å². The normalized spacial score (nSPS) is 20.5. The van der Waals surface area contributed by atoms with Crippen molar-refractivity contribution in [3.63, 3.8) is 0 Å². The highest BCUT2D eigenvalue weighted by molar-refractivity contribution is 5.75. The minimum absolute atomic E-state index is 0.0200. The van der Waals surface area contributed by atoms with Crippen LogP contribution in [0.5, 0.6) is 0 Å². The zero-order valence-electron chi connectivity index (χ0n) is 17.2. The fraction of sp³-hybridized carbons (Fsp3) is 0.619. The monoisotopic (exact) mass is 416 g/mol. The molecule has 30 heavy (non-hydrogen) atoms. The lowest BCUT2D eigenvalue weighted by atomic mass is 9.95. The topological polar surface area (TPSA) is 76.4 Å². The number of hydrogen-bond acceptors (Lipinski definition) is 6. The molecule has 1 aromatic carbocycles. The molecule has 1 atom stereocenters. The van der Waals surface area contributed by atoms with Crippen molar-refractivity contribution >= 4 is 5.91 Å². The molecule has 0 radical (unpaired) electrons. The molecule has 0 aliphatic carbocycles. The van der Waals surface area contributed by atoms with E-state index in [9.17, 15) is 9.18 Å². The van der Waals surface area contributed by atoms with Crippen molar-refractivity contribution < 1.29 is 13.9 Å². The summed E-state index contributed by atoms with van der Waals surface area (Å²) >= 11 is 0. The van der Waals surface area contributed by atoms with Gasteiger partial charge in [-0.2, -0.15) is 0 Å². The molecule has 8 nitrogen and oxygen atoms in total. The molecule has 2 aromatic rings. The molecular formula is C21H29FN6O2. The number of benzene rings is 1. The number of carbonyl (C=O) groups excluding carboxylic acids is 1. The van der Waals surface area contributed by atoms with Gasteiger partial charge in [0.1, 0.15) is 18.7 Å². The van der Waals surface area contributed by atoms with Crippen LogP contribution in [0, 0.1) is 11.7 Å². The third-order valence-corrected chi connectivity index (χ3v) is 6.03. The van der Waals surface area contributed by atoms with Crippen LogP contribution in [0.25, 0.3) is 0 Å². The maximum atomic E-state index is 13.9. The third kappa shape index (κ3) is 5.60. The van der Waals surface area contributed by atoms with Gasteiger partial charge in [-0.3, -0.25) is 9.69 Å². The predicted octanol–water partition coefficient (Wildman–Crippen LogP) is 1.73.